The Kier molecular flexibility index (Phi) is 8.07. The molecule has 4 heteroatoms. The highest BCUT2D eigenvalue weighted by Crippen LogP contribution is 2.18. The molecule has 1 amide bonds. The predicted octanol–water partition coefficient (Wildman–Crippen LogP) is 1.61. The number of rotatable bonds is 8. The standard InChI is InChI=1S/C15H31N3O/c1-13(2)16-9-4-5-15(19)17-10-6-14-7-11-18(3)12-8-14/h13-14,16H,4-12H2,1-3H3,(H,17,19). The van der Waals surface area contributed by atoms with E-state index >= 15 is 0 Å². The molecule has 1 heterocycles. The fourth-order valence-corrected chi connectivity index (χ4v) is 2.49. The zero-order chi connectivity index (χ0) is 14.1. The van der Waals surface area contributed by atoms with Gasteiger partial charge in [0.1, 0.15) is 0 Å². The number of piperidine rings is 1. The van der Waals surface area contributed by atoms with E-state index in [1.54, 1.807) is 0 Å². The van der Waals surface area contributed by atoms with Gasteiger partial charge in [-0.3, -0.25) is 4.79 Å². The summed E-state index contributed by atoms with van der Waals surface area (Å²) in [7, 11) is 2.18. The van der Waals surface area contributed by atoms with Gasteiger partial charge in [-0.2, -0.15) is 0 Å². The van der Waals surface area contributed by atoms with E-state index in [0.29, 0.717) is 12.5 Å². The molecular formula is C15H31N3O. The van der Waals surface area contributed by atoms with Gasteiger partial charge < -0.3 is 15.5 Å². The van der Waals surface area contributed by atoms with E-state index in [-0.39, 0.29) is 5.91 Å². The first-order valence-electron chi connectivity index (χ1n) is 7.76. The second-order valence-corrected chi connectivity index (χ2v) is 6.10. The Balaban J connectivity index is 1.95. The van der Waals surface area contributed by atoms with E-state index in [1.165, 1.54) is 25.9 Å². The van der Waals surface area contributed by atoms with Gasteiger partial charge in [0.05, 0.1) is 0 Å². The van der Waals surface area contributed by atoms with Gasteiger partial charge >= 0.3 is 0 Å². The molecule has 0 aromatic rings. The second kappa shape index (κ2) is 9.32. The summed E-state index contributed by atoms with van der Waals surface area (Å²) in [5.41, 5.74) is 0. The third-order valence-corrected chi connectivity index (χ3v) is 3.85. The normalized spacial score (nSPS) is 17.9. The number of hydrogen-bond donors (Lipinski definition) is 2. The summed E-state index contributed by atoms with van der Waals surface area (Å²) in [6.45, 7) is 8.45. The van der Waals surface area contributed by atoms with Crippen LogP contribution in [0.5, 0.6) is 0 Å². The van der Waals surface area contributed by atoms with E-state index in [2.05, 4.69) is 36.4 Å². The van der Waals surface area contributed by atoms with Gasteiger partial charge in [-0.15, -0.1) is 0 Å². The highest BCUT2D eigenvalue weighted by molar-refractivity contribution is 5.75. The number of nitrogens with one attached hydrogen (secondary N) is 2. The number of amides is 1. The maximum Gasteiger partial charge on any atom is 0.220 e. The molecular weight excluding hydrogens is 238 g/mol. The largest absolute Gasteiger partial charge is 0.356 e. The van der Waals surface area contributed by atoms with Crippen LogP contribution in [0.15, 0.2) is 0 Å². The van der Waals surface area contributed by atoms with Crippen LogP contribution in [0.4, 0.5) is 0 Å². The number of hydrogen-bond acceptors (Lipinski definition) is 3. The first kappa shape index (κ1) is 16.4. The van der Waals surface area contributed by atoms with Crippen molar-refractivity contribution in [3.63, 3.8) is 0 Å². The van der Waals surface area contributed by atoms with Crippen LogP contribution in [0.3, 0.4) is 0 Å². The molecule has 2 N–H and O–H groups in total. The molecule has 0 bridgehead atoms. The molecule has 0 atom stereocenters. The first-order valence-corrected chi connectivity index (χ1v) is 7.76. The second-order valence-electron chi connectivity index (χ2n) is 6.10. The summed E-state index contributed by atoms with van der Waals surface area (Å²) in [5.74, 6) is 1.01. The number of likely N-dealkylation sites (tertiary alicyclic amines) is 1. The molecule has 4 nitrogen and oxygen atoms in total. The molecule has 0 saturated carbocycles. The number of nitrogens with zero attached hydrogens (tertiary/aromatic N) is 1. The molecule has 0 spiro atoms. The Hall–Kier alpha value is -0.610. The van der Waals surface area contributed by atoms with Crippen LogP contribution in [0, 0.1) is 5.92 Å². The number of carbonyl (C=O) groups excluding carboxylic acids is 1. The molecule has 19 heavy (non-hydrogen) atoms. The highest BCUT2D eigenvalue weighted by atomic mass is 16.1. The van der Waals surface area contributed by atoms with E-state index in [4.69, 9.17) is 0 Å². The average Bonchev–Trinajstić information content (AvgIpc) is 2.37. The van der Waals surface area contributed by atoms with Crippen molar-refractivity contribution in [2.24, 2.45) is 5.92 Å². The third-order valence-electron chi connectivity index (χ3n) is 3.85. The van der Waals surface area contributed by atoms with Crippen LogP contribution in [-0.4, -0.2) is 50.1 Å². The lowest BCUT2D eigenvalue weighted by molar-refractivity contribution is -0.121. The summed E-state index contributed by atoms with van der Waals surface area (Å²) in [6, 6.07) is 0.507. The Morgan fingerprint density at radius 3 is 2.58 bits per heavy atom. The SMILES string of the molecule is CC(C)NCCCC(=O)NCCC1CCN(C)CC1. The topological polar surface area (TPSA) is 44.4 Å². The van der Waals surface area contributed by atoms with Gasteiger partial charge in [0.25, 0.3) is 0 Å². The molecule has 1 rings (SSSR count). The summed E-state index contributed by atoms with van der Waals surface area (Å²) in [5, 5.41) is 6.38. The van der Waals surface area contributed by atoms with Crippen molar-refractivity contribution in [2.45, 2.75) is 52.0 Å². The summed E-state index contributed by atoms with van der Waals surface area (Å²) < 4.78 is 0. The Labute approximate surface area is 118 Å². The zero-order valence-electron chi connectivity index (χ0n) is 12.9. The minimum atomic E-state index is 0.207. The van der Waals surface area contributed by atoms with Gasteiger partial charge in [-0.25, -0.2) is 0 Å². The first-order chi connectivity index (χ1) is 9.08. The monoisotopic (exact) mass is 269 g/mol. The molecule has 0 aromatic heterocycles. The lowest BCUT2D eigenvalue weighted by atomic mass is 9.94. The maximum absolute atomic E-state index is 11.6. The van der Waals surface area contributed by atoms with Crippen molar-refractivity contribution < 1.29 is 4.79 Å². The zero-order valence-corrected chi connectivity index (χ0v) is 12.9. The van der Waals surface area contributed by atoms with Crippen molar-refractivity contribution >= 4 is 5.91 Å². The van der Waals surface area contributed by atoms with E-state index in [0.717, 1.165) is 31.8 Å². The van der Waals surface area contributed by atoms with Crippen molar-refractivity contribution in [3.05, 3.63) is 0 Å². The number of carbonyl (C=O) groups is 1. The highest BCUT2D eigenvalue weighted by Gasteiger charge is 2.16. The van der Waals surface area contributed by atoms with Crippen LogP contribution in [0.25, 0.3) is 0 Å². The van der Waals surface area contributed by atoms with Gasteiger partial charge in [0, 0.05) is 19.0 Å². The summed E-state index contributed by atoms with van der Waals surface area (Å²) >= 11 is 0. The van der Waals surface area contributed by atoms with Crippen molar-refractivity contribution in [1.29, 1.82) is 0 Å². The van der Waals surface area contributed by atoms with Crippen LogP contribution in [0.1, 0.15) is 46.0 Å². The molecule has 0 aliphatic carbocycles. The molecule has 1 aliphatic heterocycles. The molecule has 1 fully saturated rings. The molecule has 0 aromatic carbocycles. The molecule has 0 unspecified atom stereocenters. The van der Waals surface area contributed by atoms with Crippen LogP contribution >= 0.6 is 0 Å². The smallest absolute Gasteiger partial charge is 0.220 e. The molecule has 112 valence electrons. The lowest BCUT2D eigenvalue weighted by Crippen LogP contribution is -2.33. The minimum absolute atomic E-state index is 0.207. The lowest BCUT2D eigenvalue weighted by Gasteiger charge is -2.28. The Morgan fingerprint density at radius 2 is 1.95 bits per heavy atom. The van der Waals surface area contributed by atoms with Gasteiger partial charge in [-0.1, -0.05) is 13.8 Å². The van der Waals surface area contributed by atoms with Crippen molar-refractivity contribution in [3.8, 4) is 0 Å². The minimum Gasteiger partial charge on any atom is -0.356 e. The predicted molar refractivity (Wildman–Crippen MR) is 80.2 cm³/mol. The molecule has 1 saturated heterocycles. The quantitative estimate of drug-likeness (QED) is 0.658. The maximum atomic E-state index is 11.6. The van der Waals surface area contributed by atoms with Crippen LogP contribution in [-0.2, 0) is 4.79 Å². The molecule has 1 aliphatic rings. The van der Waals surface area contributed by atoms with E-state index < -0.39 is 0 Å². The summed E-state index contributed by atoms with van der Waals surface area (Å²) in [4.78, 5) is 14.0. The van der Waals surface area contributed by atoms with Gasteiger partial charge in [-0.05, 0) is 58.3 Å². The van der Waals surface area contributed by atoms with Crippen molar-refractivity contribution in [2.75, 3.05) is 33.2 Å². The van der Waals surface area contributed by atoms with Gasteiger partial charge in [0.2, 0.25) is 5.91 Å². The fraction of sp³-hybridized carbons (Fsp3) is 0.933. The van der Waals surface area contributed by atoms with Crippen molar-refractivity contribution in [1.82, 2.24) is 15.5 Å². The Bertz CT molecular complexity index is 248. The van der Waals surface area contributed by atoms with Crippen LogP contribution < -0.4 is 10.6 Å². The van der Waals surface area contributed by atoms with Crippen LogP contribution in [0.2, 0.25) is 0 Å². The van der Waals surface area contributed by atoms with Gasteiger partial charge in [0.15, 0.2) is 0 Å². The summed E-state index contributed by atoms with van der Waals surface area (Å²) in [6.07, 6.45) is 5.28. The molecule has 0 radical (unpaired) electrons. The van der Waals surface area contributed by atoms with E-state index in [9.17, 15) is 4.79 Å². The van der Waals surface area contributed by atoms with E-state index in [1.807, 2.05) is 0 Å². The third kappa shape index (κ3) is 8.22. The Morgan fingerprint density at radius 1 is 1.26 bits per heavy atom. The fourth-order valence-electron chi connectivity index (χ4n) is 2.49. The average molecular weight is 269 g/mol.